The average molecular weight is 329 g/mol. The van der Waals surface area contributed by atoms with Crippen molar-refractivity contribution in [3.8, 4) is 0 Å². The second-order valence-corrected chi connectivity index (χ2v) is 2.89. The molecular weight excluding hydrogens is 312 g/mol. The Morgan fingerprint density at radius 3 is 1.00 bits per heavy atom. The van der Waals surface area contributed by atoms with Gasteiger partial charge in [-0.15, -0.1) is 0 Å². The van der Waals surface area contributed by atoms with Gasteiger partial charge in [-0.05, 0) is 0 Å². The third kappa shape index (κ3) is 14.3. The zero-order valence-corrected chi connectivity index (χ0v) is 13.8. The summed E-state index contributed by atoms with van der Waals surface area (Å²) in [6, 6.07) is 0. The van der Waals surface area contributed by atoms with E-state index in [9.17, 15) is 0 Å². The van der Waals surface area contributed by atoms with Crippen molar-refractivity contribution in [1.29, 1.82) is 0 Å². The molecule has 1 saturated carbocycles. The normalized spacial score (nSPS) is 24.5. The van der Waals surface area contributed by atoms with Gasteiger partial charge in [0.25, 0.3) is 0 Å². The third-order valence-electron chi connectivity index (χ3n) is 1.97. The van der Waals surface area contributed by atoms with E-state index >= 15 is 0 Å². The molecule has 0 atom stereocenters. The molecule has 0 amide bonds. The van der Waals surface area contributed by atoms with Crippen molar-refractivity contribution < 1.29 is 74.2 Å². The van der Waals surface area contributed by atoms with Crippen molar-refractivity contribution in [2.45, 2.75) is 25.7 Å². The SMILES string of the molecule is [CH2-]C1CCC([CH2-])CC1.[CH3-].[V+2].[V].[V].[V]. The van der Waals surface area contributed by atoms with Gasteiger partial charge in [-0.2, -0.15) is 11.8 Å². The quantitative estimate of drug-likeness (QED) is 0.600. The summed E-state index contributed by atoms with van der Waals surface area (Å²) >= 11 is 0. The minimum Gasteiger partial charge on any atom is -0.358 e. The zero-order valence-electron chi connectivity index (χ0n) is 8.19. The Balaban J connectivity index is -0.0000000427. The first-order valence-corrected chi connectivity index (χ1v) is 3.45. The fourth-order valence-corrected chi connectivity index (χ4v) is 1.23. The van der Waals surface area contributed by atoms with Gasteiger partial charge in [-0.25, -0.2) is 0 Å². The van der Waals surface area contributed by atoms with Gasteiger partial charge in [-0.3, -0.25) is 0 Å². The van der Waals surface area contributed by atoms with Crippen LogP contribution < -0.4 is 0 Å². The summed E-state index contributed by atoms with van der Waals surface area (Å²) in [7, 11) is 0. The fraction of sp³-hybridized carbons (Fsp3) is 0.667. The zero-order chi connectivity index (χ0) is 5.98. The monoisotopic (exact) mass is 329 g/mol. The molecule has 0 unspecified atom stereocenters. The molecule has 1 aliphatic rings. The number of hydrogen-bond donors (Lipinski definition) is 0. The first kappa shape index (κ1) is 29.5. The standard InChI is InChI=1S/C8H14.CH3.4V/c1-7-3-5-8(2)6-4-7;;;;;/h7-8H,1-6H2;1H3;;;;/q-2;-1;;;;+2. The maximum absolute atomic E-state index is 4.00. The van der Waals surface area contributed by atoms with E-state index in [1.165, 1.54) is 25.7 Å². The van der Waals surface area contributed by atoms with Crippen molar-refractivity contribution >= 4 is 0 Å². The Bertz CT molecular complexity index is 60.0. The van der Waals surface area contributed by atoms with Crippen LogP contribution in [0, 0.1) is 33.1 Å². The molecule has 1 aliphatic carbocycles. The molecule has 0 aromatic carbocycles. The Morgan fingerprint density at radius 1 is 0.692 bits per heavy atom. The minimum absolute atomic E-state index is 0. The average Bonchev–Trinajstić information content (AvgIpc) is 1.77. The van der Waals surface area contributed by atoms with E-state index in [0.29, 0.717) is 0 Å². The van der Waals surface area contributed by atoms with Crippen LogP contribution >= 0.6 is 0 Å². The molecule has 13 heavy (non-hydrogen) atoms. The Hall–Kier alpha value is 2.34. The summed E-state index contributed by atoms with van der Waals surface area (Å²) in [6.45, 7) is 8.01. The van der Waals surface area contributed by atoms with Crippen LogP contribution in [0.5, 0.6) is 0 Å². The topological polar surface area (TPSA) is 0 Å². The Kier molecular flexibility index (Phi) is 38.0. The van der Waals surface area contributed by atoms with Crippen LogP contribution in [0.3, 0.4) is 0 Å². The molecule has 1 fully saturated rings. The van der Waals surface area contributed by atoms with Crippen LogP contribution in [0.2, 0.25) is 0 Å². The molecule has 0 spiro atoms. The van der Waals surface area contributed by atoms with Crippen LogP contribution in [-0.4, -0.2) is 0 Å². The molecule has 0 bridgehead atoms. The van der Waals surface area contributed by atoms with Gasteiger partial charge in [0.15, 0.2) is 0 Å². The summed E-state index contributed by atoms with van der Waals surface area (Å²) in [4.78, 5) is 0. The van der Waals surface area contributed by atoms with Crippen LogP contribution in [0.15, 0.2) is 0 Å². The summed E-state index contributed by atoms with van der Waals surface area (Å²) in [5, 5.41) is 0. The summed E-state index contributed by atoms with van der Waals surface area (Å²) in [5.74, 6) is 1.46. The predicted octanol–water partition coefficient (Wildman–Crippen LogP) is 2.90. The van der Waals surface area contributed by atoms with E-state index in [-0.39, 0.29) is 81.6 Å². The maximum atomic E-state index is 4.00. The summed E-state index contributed by atoms with van der Waals surface area (Å²) in [6.07, 6.45) is 5.20. The van der Waals surface area contributed by atoms with Gasteiger partial charge in [0.1, 0.15) is 0 Å². The van der Waals surface area contributed by atoms with Gasteiger partial charge in [-0.1, -0.05) is 25.7 Å². The molecule has 0 aromatic rings. The van der Waals surface area contributed by atoms with Crippen molar-refractivity contribution in [2.24, 2.45) is 11.8 Å². The Labute approximate surface area is 132 Å². The van der Waals surface area contributed by atoms with E-state index in [1.54, 1.807) is 0 Å². The van der Waals surface area contributed by atoms with Crippen molar-refractivity contribution in [3.05, 3.63) is 21.3 Å². The molecular formula is C9H17V4-. The van der Waals surface area contributed by atoms with Crippen molar-refractivity contribution in [1.82, 2.24) is 0 Å². The van der Waals surface area contributed by atoms with Gasteiger partial charge < -0.3 is 21.3 Å². The molecule has 74 valence electrons. The molecule has 0 N–H and O–H groups in total. The van der Waals surface area contributed by atoms with Crippen LogP contribution in [0.1, 0.15) is 25.7 Å². The molecule has 0 saturated heterocycles. The second kappa shape index (κ2) is 16.8. The summed E-state index contributed by atoms with van der Waals surface area (Å²) in [5.41, 5.74) is 0. The molecule has 0 aliphatic heterocycles. The predicted molar refractivity (Wildman–Crippen MR) is 42.6 cm³/mol. The van der Waals surface area contributed by atoms with Crippen LogP contribution in [0.4, 0.5) is 0 Å². The molecule has 4 heteroatoms. The first-order chi connectivity index (χ1) is 3.79. The second-order valence-electron chi connectivity index (χ2n) is 2.89. The van der Waals surface area contributed by atoms with Crippen LogP contribution in [-0.2, 0) is 74.2 Å². The van der Waals surface area contributed by atoms with E-state index < -0.39 is 0 Å². The molecule has 1 rings (SSSR count). The van der Waals surface area contributed by atoms with Crippen LogP contribution in [0.25, 0.3) is 0 Å². The molecule has 0 aromatic heterocycles. The first-order valence-electron chi connectivity index (χ1n) is 3.45. The minimum atomic E-state index is 0. The largest absolute Gasteiger partial charge is 2.00 e. The van der Waals surface area contributed by atoms with Gasteiger partial charge in [0.2, 0.25) is 0 Å². The molecule has 4 radical (unpaired) electrons. The smallest absolute Gasteiger partial charge is 0.358 e. The summed E-state index contributed by atoms with van der Waals surface area (Å²) < 4.78 is 0. The molecule has 0 nitrogen and oxygen atoms in total. The van der Waals surface area contributed by atoms with E-state index in [2.05, 4.69) is 13.8 Å². The van der Waals surface area contributed by atoms with Crippen molar-refractivity contribution in [2.75, 3.05) is 0 Å². The van der Waals surface area contributed by atoms with E-state index in [0.717, 1.165) is 11.8 Å². The van der Waals surface area contributed by atoms with Crippen molar-refractivity contribution in [3.63, 3.8) is 0 Å². The number of hydrogen-bond acceptors (Lipinski definition) is 0. The number of rotatable bonds is 0. The van der Waals surface area contributed by atoms with Gasteiger partial charge >= 0.3 is 18.6 Å². The van der Waals surface area contributed by atoms with E-state index in [4.69, 9.17) is 0 Å². The maximum Gasteiger partial charge on any atom is 2.00 e. The van der Waals surface area contributed by atoms with E-state index in [1.807, 2.05) is 0 Å². The third-order valence-corrected chi connectivity index (χ3v) is 1.97. The Morgan fingerprint density at radius 2 is 0.846 bits per heavy atom. The molecule has 0 heterocycles. The van der Waals surface area contributed by atoms with Gasteiger partial charge in [0, 0.05) is 55.7 Å². The fourth-order valence-electron chi connectivity index (χ4n) is 1.23. The van der Waals surface area contributed by atoms with Gasteiger partial charge in [0.05, 0.1) is 0 Å².